The molecular weight excluding hydrogens is 308 g/mol. The van der Waals surface area contributed by atoms with Crippen molar-refractivity contribution < 1.29 is 9.53 Å². The molecule has 104 valence electrons. The smallest absolute Gasteiger partial charge is 0.253 e. The van der Waals surface area contributed by atoms with Gasteiger partial charge in [-0.05, 0) is 44.6 Å². The molecule has 4 nitrogen and oxygen atoms in total. The van der Waals surface area contributed by atoms with Gasteiger partial charge in [-0.15, -0.1) is 0 Å². The van der Waals surface area contributed by atoms with E-state index in [1.807, 2.05) is 37.1 Å². The highest BCUT2D eigenvalue weighted by Crippen LogP contribution is 2.27. The maximum Gasteiger partial charge on any atom is 0.253 e. The second-order valence-electron chi connectivity index (χ2n) is 4.76. The topological polar surface area (TPSA) is 41.6 Å². The molecule has 1 saturated heterocycles. The molecule has 0 aliphatic carbocycles. The number of anilines is 1. The number of carbonyl (C=O) groups excluding carboxylic acids is 1. The predicted molar refractivity (Wildman–Crippen MR) is 79.5 cm³/mol. The molecule has 1 aliphatic rings. The lowest BCUT2D eigenvalue weighted by molar-refractivity contribution is -0.127. The van der Waals surface area contributed by atoms with Gasteiger partial charge in [0.2, 0.25) is 0 Å². The lowest BCUT2D eigenvalue weighted by Crippen LogP contribution is -2.50. The molecule has 1 unspecified atom stereocenters. The van der Waals surface area contributed by atoms with Gasteiger partial charge in [-0.25, -0.2) is 0 Å². The number of hydrogen-bond acceptors (Lipinski definition) is 3. The molecule has 0 bridgehead atoms. The molecule has 1 atom stereocenters. The summed E-state index contributed by atoms with van der Waals surface area (Å²) in [6, 6.07) is 6.13. The van der Waals surface area contributed by atoms with Crippen LogP contribution in [-0.2, 0) is 9.53 Å². The summed E-state index contributed by atoms with van der Waals surface area (Å²) >= 11 is 3.52. The summed E-state index contributed by atoms with van der Waals surface area (Å²) in [6.45, 7) is 3.67. The Bertz CT molecular complexity index is 465. The number of nitrogens with one attached hydrogen (secondary N) is 1. The molecule has 19 heavy (non-hydrogen) atoms. The van der Waals surface area contributed by atoms with Crippen molar-refractivity contribution in [3.05, 3.63) is 28.2 Å². The summed E-state index contributed by atoms with van der Waals surface area (Å²) in [5.41, 5.74) is 2.10. The van der Waals surface area contributed by atoms with Crippen molar-refractivity contribution in [2.45, 2.75) is 19.4 Å². The maximum absolute atomic E-state index is 12.1. The van der Waals surface area contributed by atoms with Gasteiger partial charge in [0, 0.05) is 10.2 Å². The summed E-state index contributed by atoms with van der Waals surface area (Å²) < 4.78 is 6.39. The summed E-state index contributed by atoms with van der Waals surface area (Å²) in [5, 5.41) is 3.12. The maximum atomic E-state index is 12.1. The van der Waals surface area contributed by atoms with Crippen LogP contribution in [0.2, 0.25) is 0 Å². The van der Waals surface area contributed by atoms with Crippen LogP contribution in [0.15, 0.2) is 22.7 Å². The van der Waals surface area contributed by atoms with E-state index >= 15 is 0 Å². The third-order valence-electron chi connectivity index (χ3n) is 3.33. The largest absolute Gasteiger partial charge is 0.369 e. The highest BCUT2D eigenvalue weighted by atomic mass is 79.9. The van der Waals surface area contributed by atoms with Crippen LogP contribution in [0.5, 0.6) is 0 Å². The van der Waals surface area contributed by atoms with Crippen LogP contribution in [0.1, 0.15) is 12.0 Å². The molecule has 0 radical (unpaired) electrons. The van der Waals surface area contributed by atoms with Gasteiger partial charge in [-0.1, -0.05) is 22.0 Å². The van der Waals surface area contributed by atoms with E-state index in [-0.39, 0.29) is 18.6 Å². The van der Waals surface area contributed by atoms with Crippen molar-refractivity contribution in [1.82, 2.24) is 5.32 Å². The SMILES string of the molecule is CNCCC1COCC(=O)N1c1ccc(C)c(Br)c1. The molecule has 0 spiro atoms. The van der Waals surface area contributed by atoms with E-state index in [1.165, 1.54) is 0 Å². The molecule has 0 aromatic heterocycles. The fraction of sp³-hybridized carbons (Fsp3) is 0.500. The Balaban J connectivity index is 2.25. The number of morpholine rings is 1. The molecule has 1 N–H and O–H groups in total. The molecule has 1 fully saturated rings. The normalized spacial score (nSPS) is 19.8. The molecular formula is C14H19BrN2O2. The fourth-order valence-electron chi connectivity index (χ4n) is 2.24. The minimum absolute atomic E-state index is 0.0307. The van der Waals surface area contributed by atoms with Gasteiger partial charge in [-0.3, -0.25) is 4.79 Å². The van der Waals surface area contributed by atoms with Crippen molar-refractivity contribution >= 4 is 27.5 Å². The second kappa shape index (κ2) is 6.50. The highest BCUT2D eigenvalue weighted by molar-refractivity contribution is 9.10. The second-order valence-corrected chi connectivity index (χ2v) is 5.61. The molecule has 1 aromatic rings. The van der Waals surface area contributed by atoms with Crippen molar-refractivity contribution in [2.24, 2.45) is 0 Å². The van der Waals surface area contributed by atoms with Crippen LogP contribution in [0.25, 0.3) is 0 Å². The molecule has 1 heterocycles. The number of carbonyl (C=O) groups is 1. The number of rotatable bonds is 4. The lowest BCUT2D eigenvalue weighted by atomic mass is 10.1. The van der Waals surface area contributed by atoms with Crippen LogP contribution in [0.3, 0.4) is 0 Å². The third-order valence-corrected chi connectivity index (χ3v) is 4.19. The van der Waals surface area contributed by atoms with E-state index in [0.29, 0.717) is 6.61 Å². The number of aryl methyl sites for hydroxylation is 1. The van der Waals surface area contributed by atoms with Crippen LogP contribution < -0.4 is 10.2 Å². The number of halogens is 1. The van der Waals surface area contributed by atoms with Crippen molar-refractivity contribution in [3.8, 4) is 0 Å². The monoisotopic (exact) mass is 326 g/mol. The Morgan fingerprint density at radius 3 is 3.00 bits per heavy atom. The Morgan fingerprint density at radius 1 is 1.53 bits per heavy atom. The van der Waals surface area contributed by atoms with E-state index in [1.54, 1.807) is 0 Å². The van der Waals surface area contributed by atoms with Crippen LogP contribution >= 0.6 is 15.9 Å². The molecule has 1 aliphatic heterocycles. The van der Waals surface area contributed by atoms with Crippen molar-refractivity contribution in [1.29, 1.82) is 0 Å². The van der Waals surface area contributed by atoms with Crippen molar-refractivity contribution in [3.63, 3.8) is 0 Å². The minimum Gasteiger partial charge on any atom is -0.369 e. The summed E-state index contributed by atoms with van der Waals surface area (Å²) in [6.07, 6.45) is 0.883. The molecule has 1 aromatic carbocycles. The van der Waals surface area contributed by atoms with Crippen LogP contribution in [0, 0.1) is 6.92 Å². The first-order chi connectivity index (χ1) is 9.13. The first kappa shape index (κ1) is 14.5. The van der Waals surface area contributed by atoms with Gasteiger partial charge in [-0.2, -0.15) is 0 Å². The predicted octanol–water partition coefficient (Wildman–Crippen LogP) is 2.10. The number of hydrogen-bond donors (Lipinski definition) is 1. The summed E-state index contributed by atoms with van der Waals surface area (Å²) in [5.74, 6) is 0.0307. The molecule has 2 rings (SSSR count). The van der Waals surface area contributed by atoms with Gasteiger partial charge in [0.15, 0.2) is 0 Å². The highest BCUT2D eigenvalue weighted by Gasteiger charge is 2.29. The van der Waals surface area contributed by atoms with Gasteiger partial charge in [0.25, 0.3) is 5.91 Å². The van der Waals surface area contributed by atoms with Gasteiger partial charge >= 0.3 is 0 Å². The Kier molecular flexibility index (Phi) is 4.96. The lowest BCUT2D eigenvalue weighted by Gasteiger charge is -2.35. The van der Waals surface area contributed by atoms with E-state index in [0.717, 1.165) is 28.7 Å². The standard InChI is InChI=1S/C14H19BrN2O2/c1-10-3-4-11(7-13(10)15)17-12(5-6-16-2)8-19-9-14(17)18/h3-4,7,12,16H,5-6,8-9H2,1-2H3. The fourth-order valence-corrected chi connectivity index (χ4v) is 2.61. The van der Waals surface area contributed by atoms with Crippen LogP contribution in [-0.4, -0.2) is 38.8 Å². The number of amides is 1. The summed E-state index contributed by atoms with van der Waals surface area (Å²) in [7, 11) is 1.91. The molecule has 0 saturated carbocycles. The van der Waals surface area contributed by atoms with Crippen molar-refractivity contribution in [2.75, 3.05) is 31.7 Å². The minimum atomic E-state index is 0.0307. The Morgan fingerprint density at radius 2 is 2.32 bits per heavy atom. The van der Waals surface area contributed by atoms with E-state index in [4.69, 9.17) is 4.74 Å². The average Bonchev–Trinajstić information content (AvgIpc) is 2.40. The Labute approximate surface area is 122 Å². The average molecular weight is 327 g/mol. The quantitative estimate of drug-likeness (QED) is 0.921. The Hall–Kier alpha value is -0.910. The van der Waals surface area contributed by atoms with Gasteiger partial charge in [0.1, 0.15) is 6.61 Å². The number of benzene rings is 1. The molecule has 1 amide bonds. The van der Waals surface area contributed by atoms with Crippen LogP contribution in [0.4, 0.5) is 5.69 Å². The van der Waals surface area contributed by atoms with E-state index in [2.05, 4.69) is 21.2 Å². The number of ether oxygens (including phenoxy) is 1. The zero-order chi connectivity index (χ0) is 13.8. The first-order valence-corrected chi connectivity index (χ1v) is 7.23. The number of nitrogens with zero attached hydrogens (tertiary/aromatic N) is 1. The first-order valence-electron chi connectivity index (χ1n) is 6.44. The van der Waals surface area contributed by atoms with E-state index < -0.39 is 0 Å². The van der Waals surface area contributed by atoms with Gasteiger partial charge in [0.05, 0.1) is 12.6 Å². The summed E-state index contributed by atoms with van der Waals surface area (Å²) in [4.78, 5) is 14.0. The third kappa shape index (κ3) is 3.35. The zero-order valence-corrected chi connectivity index (χ0v) is 12.9. The molecule has 5 heteroatoms. The van der Waals surface area contributed by atoms with Gasteiger partial charge < -0.3 is 15.0 Å². The van der Waals surface area contributed by atoms with E-state index in [9.17, 15) is 4.79 Å². The zero-order valence-electron chi connectivity index (χ0n) is 11.3.